The standard InChI is InChI=1S/C18H22N2O/c1-21-18(15-7-8-15,16-5-3-11-20-13-16)10-9-14-4-2-6-17(19)12-14/h2-6,11-13,15H,7-10,19H2,1H3. The highest BCUT2D eigenvalue weighted by molar-refractivity contribution is 5.40. The van der Waals surface area contributed by atoms with Crippen LogP contribution in [0.1, 0.15) is 30.4 Å². The Morgan fingerprint density at radius 1 is 1.29 bits per heavy atom. The first-order valence-corrected chi connectivity index (χ1v) is 7.55. The molecule has 1 atom stereocenters. The molecule has 2 aromatic rings. The van der Waals surface area contributed by atoms with Gasteiger partial charge in [0.25, 0.3) is 0 Å². The number of nitrogen functional groups attached to an aromatic ring is 1. The fourth-order valence-electron chi connectivity index (χ4n) is 3.21. The normalized spacial score (nSPS) is 17.4. The number of nitrogens with zero attached hydrogens (tertiary/aromatic N) is 1. The zero-order valence-corrected chi connectivity index (χ0v) is 12.5. The van der Waals surface area contributed by atoms with Crippen molar-refractivity contribution in [1.82, 2.24) is 4.98 Å². The number of methoxy groups -OCH3 is 1. The lowest BCUT2D eigenvalue weighted by molar-refractivity contribution is -0.0420. The number of anilines is 1. The molecule has 2 N–H and O–H groups in total. The highest BCUT2D eigenvalue weighted by Crippen LogP contribution is 2.50. The zero-order chi connectivity index (χ0) is 14.7. The predicted molar refractivity (Wildman–Crippen MR) is 84.8 cm³/mol. The Balaban J connectivity index is 1.83. The molecule has 21 heavy (non-hydrogen) atoms. The second kappa shape index (κ2) is 5.86. The van der Waals surface area contributed by atoms with Crippen molar-refractivity contribution in [3.05, 3.63) is 59.9 Å². The fourth-order valence-corrected chi connectivity index (χ4v) is 3.21. The summed E-state index contributed by atoms with van der Waals surface area (Å²) in [6.45, 7) is 0. The van der Waals surface area contributed by atoms with Gasteiger partial charge in [0.05, 0.1) is 5.60 Å². The number of pyridine rings is 1. The Kier molecular flexibility index (Phi) is 3.93. The molecular weight excluding hydrogens is 260 g/mol. The van der Waals surface area contributed by atoms with Crippen molar-refractivity contribution < 1.29 is 4.74 Å². The van der Waals surface area contributed by atoms with Gasteiger partial charge in [-0.05, 0) is 55.4 Å². The Morgan fingerprint density at radius 2 is 2.14 bits per heavy atom. The van der Waals surface area contributed by atoms with E-state index in [9.17, 15) is 0 Å². The maximum Gasteiger partial charge on any atom is 0.0973 e. The van der Waals surface area contributed by atoms with Crippen LogP contribution in [0.5, 0.6) is 0 Å². The molecule has 0 amide bonds. The van der Waals surface area contributed by atoms with E-state index in [-0.39, 0.29) is 5.60 Å². The molecule has 1 unspecified atom stereocenters. The molecule has 1 aliphatic rings. The van der Waals surface area contributed by atoms with Gasteiger partial charge in [0.2, 0.25) is 0 Å². The molecule has 0 radical (unpaired) electrons. The summed E-state index contributed by atoms with van der Waals surface area (Å²) in [6.07, 6.45) is 8.16. The molecule has 0 aliphatic heterocycles. The third kappa shape index (κ3) is 2.93. The van der Waals surface area contributed by atoms with Crippen LogP contribution in [0.3, 0.4) is 0 Å². The topological polar surface area (TPSA) is 48.1 Å². The van der Waals surface area contributed by atoms with E-state index in [1.807, 2.05) is 37.7 Å². The molecule has 1 aromatic heterocycles. The van der Waals surface area contributed by atoms with E-state index >= 15 is 0 Å². The SMILES string of the molecule is COC(CCc1cccc(N)c1)(c1cccnc1)C1CC1. The van der Waals surface area contributed by atoms with Crippen LogP contribution < -0.4 is 5.73 Å². The molecule has 1 saturated carbocycles. The minimum atomic E-state index is -0.209. The Bertz CT molecular complexity index is 595. The van der Waals surface area contributed by atoms with Gasteiger partial charge in [-0.15, -0.1) is 0 Å². The summed E-state index contributed by atoms with van der Waals surface area (Å²) in [5.41, 5.74) is 8.94. The molecule has 110 valence electrons. The van der Waals surface area contributed by atoms with E-state index in [2.05, 4.69) is 23.2 Å². The van der Waals surface area contributed by atoms with Gasteiger partial charge in [0, 0.05) is 30.8 Å². The van der Waals surface area contributed by atoms with Gasteiger partial charge in [0.15, 0.2) is 0 Å². The minimum Gasteiger partial charge on any atom is -0.399 e. The van der Waals surface area contributed by atoms with Crippen LogP contribution in [0.15, 0.2) is 48.8 Å². The third-order valence-electron chi connectivity index (χ3n) is 4.49. The Morgan fingerprint density at radius 3 is 2.76 bits per heavy atom. The van der Waals surface area contributed by atoms with Crippen molar-refractivity contribution >= 4 is 5.69 Å². The lowest BCUT2D eigenvalue weighted by Gasteiger charge is -2.33. The number of ether oxygens (including phenoxy) is 1. The molecular formula is C18H22N2O. The van der Waals surface area contributed by atoms with Crippen molar-refractivity contribution in [1.29, 1.82) is 0 Å². The monoisotopic (exact) mass is 282 g/mol. The molecule has 3 heteroatoms. The van der Waals surface area contributed by atoms with Gasteiger partial charge < -0.3 is 10.5 Å². The third-order valence-corrected chi connectivity index (χ3v) is 4.49. The summed E-state index contributed by atoms with van der Waals surface area (Å²) in [7, 11) is 1.82. The summed E-state index contributed by atoms with van der Waals surface area (Å²) < 4.78 is 6.03. The number of aromatic nitrogens is 1. The Labute approximate surface area is 126 Å². The average Bonchev–Trinajstić information content (AvgIpc) is 3.35. The second-order valence-electron chi connectivity index (χ2n) is 5.85. The van der Waals surface area contributed by atoms with Crippen LogP contribution in [0.4, 0.5) is 5.69 Å². The molecule has 0 bridgehead atoms. The van der Waals surface area contributed by atoms with E-state index in [0.717, 1.165) is 18.5 Å². The molecule has 1 heterocycles. The van der Waals surface area contributed by atoms with Crippen LogP contribution in [-0.4, -0.2) is 12.1 Å². The minimum absolute atomic E-state index is 0.209. The van der Waals surface area contributed by atoms with E-state index in [4.69, 9.17) is 10.5 Å². The predicted octanol–water partition coefficient (Wildman–Crippen LogP) is 3.55. The van der Waals surface area contributed by atoms with Crippen LogP contribution in [-0.2, 0) is 16.8 Å². The second-order valence-corrected chi connectivity index (χ2v) is 5.85. The first-order valence-electron chi connectivity index (χ1n) is 7.55. The maximum atomic E-state index is 6.03. The van der Waals surface area contributed by atoms with Gasteiger partial charge in [-0.3, -0.25) is 4.98 Å². The van der Waals surface area contributed by atoms with Gasteiger partial charge >= 0.3 is 0 Å². The maximum absolute atomic E-state index is 6.03. The molecule has 0 spiro atoms. The number of benzene rings is 1. The summed E-state index contributed by atoms with van der Waals surface area (Å²) in [5.74, 6) is 0.604. The smallest absolute Gasteiger partial charge is 0.0973 e. The van der Waals surface area contributed by atoms with Crippen molar-refractivity contribution in [3.63, 3.8) is 0 Å². The molecule has 1 fully saturated rings. The van der Waals surface area contributed by atoms with Gasteiger partial charge in [-0.1, -0.05) is 18.2 Å². The van der Waals surface area contributed by atoms with Crippen molar-refractivity contribution in [3.8, 4) is 0 Å². The highest BCUT2D eigenvalue weighted by Gasteiger charge is 2.46. The average molecular weight is 282 g/mol. The largest absolute Gasteiger partial charge is 0.399 e. The molecule has 3 nitrogen and oxygen atoms in total. The number of rotatable bonds is 6. The van der Waals surface area contributed by atoms with Crippen molar-refractivity contribution in [2.24, 2.45) is 5.92 Å². The van der Waals surface area contributed by atoms with Crippen LogP contribution >= 0.6 is 0 Å². The summed E-state index contributed by atoms with van der Waals surface area (Å²) >= 11 is 0. The molecule has 1 aliphatic carbocycles. The quantitative estimate of drug-likeness (QED) is 0.824. The lowest BCUT2D eigenvalue weighted by Crippen LogP contribution is -2.32. The number of hydrogen-bond donors (Lipinski definition) is 1. The summed E-state index contributed by atoms with van der Waals surface area (Å²) in [6, 6.07) is 12.2. The van der Waals surface area contributed by atoms with Gasteiger partial charge in [-0.2, -0.15) is 0 Å². The van der Waals surface area contributed by atoms with Crippen molar-refractivity contribution in [2.75, 3.05) is 12.8 Å². The first kappa shape index (κ1) is 14.1. The number of nitrogens with two attached hydrogens (primary N) is 1. The van der Waals surface area contributed by atoms with E-state index in [0.29, 0.717) is 5.92 Å². The molecule has 0 saturated heterocycles. The van der Waals surface area contributed by atoms with Crippen LogP contribution in [0.2, 0.25) is 0 Å². The molecule has 1 aromatic carbocycles. The van der Waals surface area contributed by atoms with E-state index in [1.54, 1.807) is 0 Å². The number of hydrogen-bond acceptors (Lipinski definition) is 3. The fraction of sp³-hybridized carbons (Fsp3) is 0.389. The zero-order valence-electron chi connectivity index (χ0n) is 12.5. The number of aryl methyl sites for hydroxylation is 1. The molecule has 3 rings (SSSR count). The van der Waals surface area contributed by atoms with Crippen LogP contribution in [0, 0.1) is 5.92 Å². The Hall–Kier alpha value is -1.87. The summed E-state index contributed by atoms with van der Waals surface area (Å²) in [5, 5.41) is 0. The summed E-state index contributed by atoms with van der Waals surface area (Å²) in [4.78, 5) is 4.28. The lowest BCUT2D eigenvalue weighted by atomic mass is 9.84. The first-order chi connectivity index (χ1) is 10.2. The highest BCUT2D eigenvalue weighted by atomic mass is 16.5. The van der Waals surface area contributed by atoms with Crippen LogP contribution in [0.25, 0.3) is 0 Å². The van der Waals surface area contributed by atoms with Gasteiger partial charge in [0.1, 0.15) is 0 Å². The van der Waals surface area contributed by atoms with Crippen molar-refractivity contribution in [2.45, 2.75) is 31.3 Å². The van der Waals surface area contributed by atoms with E-state index < -0.39 is 0 Å². The van der Waals surface area contributed by atoms with Gasteiger partial charge in [-0.25, -0.2) is 0 Å². The van der Waals surface area contributed by atoms with E-state index in [1.165, 1.54) is 24.0 Å².